The largest absolute Gasteiger partial charge is 0.354 e. The molecule has 0 radical (unpaired) electrons. The molecule has 2 N–H and O–H groups in total. The summed E-state index contributed by atoms with van der Waals surface area (Å²) in [5.74, 6) is -0.0245. The lowest BCUT2D eigenvalue weighted by atomic mass is 10.1. The summed E-state index contributed by atoms with van der Waals surface area (Å²) in [4.78, 5) is 35.4. The van der Waals surface area contributed by atoms with Crippen molar-refractivity contribution in [1.82, 2.24) is 20.2 Å². The van der Waals surface area contributed by atoms with Crippen molar-refractivity contribution < 1.29 is 4.79 Å². The minimum absolute atomic E-state index is 0.0245. The third-order valence-electron chi connectivity index (χ3n) is 4.94. The van der Waals surface area contributed by atoms with Crippen molar-refractivity contribution in [3.8, 4) is 0 Å². The summed E-state index contributed by atoms with van der Waals surface area (Å²) in [7, 11) is 0. The number of carbonyl (C=O) groups excluding carboxylic acids is 1. The van der Waals surface area contributed by atoms with Gasteiger partial charge in [0.2, 0.25) is 5.91 Å². The molecular weight excluding hydrogens is 380 g/mol. The Hall–Kier alpha value is -1.64. The first-order chi connectivity index (χ1) is 13.1. The summed E-state index contributed by atoms with van der Waals surface area (Å²) in [6.07, 6.45) is 5.01. The van der Waals surface area contributed by atoms with Gasteiger partial charge in [-0.05, 0) is 57.0 Å². The highest BCUT2D eigenvalue weighted by molar-refractivity contribution is 7.98. The summed E-state index contributed by atoms with van der Waals surface area (Å²) >= 11 is 3.14. The van der Waals surface area contributed by atoms with E-state index < -0.39 is 0 Å². The molecule has 1 aliphatic heterocycles. The Balaban J connectivity index is 1.56. The zero-order valence-electron chi connectivity index (χ0n) is 15.8. The molecule has 3 heterocycles. The van der Waals surface area contributed by atoms with E-state index in [1.165, 1.54) is 29.5 Å². The Kier molecular flexibility index (Phi) is 7.09. The van der Waals surface area contributed by atoms with Crippen LogP contribution in [0.1, 0.15) is 41.4 Å². The molecule has 146 valence electrons. The van der Waals surface area contributed by atoms with E-state index in [0.717, 1.165) is 13.1 Å². The summed E-state index contributed by atoms with van der Waals surface area (Å²) < 4.78 is 0. The summed E-state index contributed by atoms with van der Waals surface area (Å²) in [5, 5.41) is 5.76. The molecule has 2 aromatic rings. The molecule has 1 atom stereocenters. The lowest BCUT2D eigenvalue weighted by molar-refractivity contribution is -0.121. The van der Waals surface area contributed by atoms with E-state index in [4.69, 9.17) is 0 Å². The van der Waals surface area contributed by atoms with Crippen LogP contribution in [0.25, 0.3) is 0 Å². The molecule has 0 saturated carbocycles. The van der Waals surface area contributed by atoms with Gasteiger partial charge in [0.1, 0.15) is 0 Å². The van der Waals surface area contributed by atoms with Gasteiger partial charge in [-0.15, -0.1) is 11.3 Å². The van der Waals surface area contributed by atoms with Gasteiger partial charge in [0.05, 0.1) is 6.04 Å². The van der Waals surface area contributed by atoms with Crippen LogP contribution >= 0.6 is 23.1 Å². The first-order valence-corrected chi connectivity index (χ1v) is 11.4. The molecule has 0 bridgehead atoms. The van der Waals surface area contributed by atoms with Gasteiger partial charge in [-0.3, -0.25) is 14.5 Å². The number of thiophene rings is 1. The van der Waals surface area contributed by atoms with Crippen LogP contribution < -0.4 is 10.9 Å². The summed E-state index contributed by atoms with van der Waals surface area (Å²) in [6, 6.07) is 4.44. The van der Waals surface area contributed by atoms with Gasteiger partial charge >= 0.3 is 0 Å². The summed E-state index contributed by atoms with van der Waals surface area (Å²) in [5.41, 5.74) is 1.15. The molecule has 3 rings (SSSR count). The number of aromatic amines is 1. The molecule has 1 unspecified atom stereocenters. The Morgan fingerprint density at radius 1 is 1.44 bits per heavy atom. The zero-order valence-corrected chi connectivity index (χ0v) is 17.4. The Bertz CT molecular complexity index is 814. The fourth-order valence-corrected chi connectivity index (χ4v) is 4.74. The van der Waals surface area contributed by atoms with Crippen molar-refractivity contribution in [3.05, 3.63) is 44.0 Å². The van der Waals surface area contributed by atoms with Crippen LogP contribution in [0.5, 0.6) is 0 Å². The third-order valence-corrected chi connectivity index (χ3v) is 6.50. The molecule has 0 aliphatic carbocycles. The summed E-state index contributed by atoms with van der Waals surface area (Å²) in [6.45, 7) is 4.60. The molecule has 1 fully saturated rings. The molecule has 2 aromatic heterocycles. The highest BCUT2D eigenvalue weighted by atomic mass is 32.2. The molecular formula is C19H26N4O2S2. The van der Waals surface area contributed by atoms with Gasteiger partial charge in [0.25, 0.3) is 5.56 Å². The average Bonchev–Trinajstić information content (AvgIpc) is 3.35. The molecule has 0 spiro atoms. The SMILES string of the molecule is CSc1nc(C)c(CCC(=O)NCC(c2cccs2)N2CCCC2)c(=O)[nH]1. The van der Waals surface area contributed by atoms with Crippen molar-refractivity contribution in [2.24, 2.45) is 0 Å². The van der Waals surface area contributed by atoms with E-state index >= 15 is 0 Å². The number of H-pyrrole nitrogens is 1. The van der Waals surface area contributed by atoms with E-state index in [9.17, 15) is 9.59 Å². The van der Waals surface area contributed by atoms with E-state index in [1.807, 2.05) is 13.2 Å². The highest BCUT2D eigenvalue weighted by Gasteiger charge is 2.24. The minimum Gasteiger partial charge on any atom is -0.354 e. The number of rotatable bonds is 8. The normalized spacial score (nSPS) is 15.8. The van der Waals surface area contributed by atoms with E-state index in [2.05, 4.69) is 37.7 Å². The highest BCUT2D eigenvalue weighted by Crippen LogP contribution is 2.27. The number of nitrogens with one attached hydrogen (secondary N) is 2. The minimum atomic E-state index is -0.145. The molecule has 1 amide bonds. The number of aryl methyl sites for hydroxylation is 1. The predicted octanol–water partition coefficient (Wildman–Crippen LogP) is 2.75. The topological polar surface area (TPSA) is 78.1 Å². The zero-order chi connectivity index (χ0) is 19.2. The predicted molar refractivity (Wildman–Crippen MR) is 111 cm³/mol. The van der Waals surface area contributed by atoms with Gasteiger partial charge in [-0.2, -0.15) is 0 Å². The van der Waals surface area contributed by atoms with Crippen molar-refractivity contribution >= 4 is 29.0 Å². The monoisotopic (exact) mass is 406 g/mol. The first kappa shape index (κ1) is 20.1. The number of carbonyl (C=O) groups is 1. The van der Waals surface area contributed by atoms with Crippen LogP contribution in [0.4, 0.5) is 0 Å². The van der Waals surface area contributed by atoms with Crippen LogP contribution in [0.3, 0.4) is 0 Å². The van der Waals surface area contributed by atoms with Gasteiger partial charge in [0, 0.05) is 29.1 Å². The molecule has 27 heavy (non-hydrogen) atoms. The number of likely N-dealkylation sites (tertiary alicyclic amines) is 1. The van der Waals surface area contributed by atoms with Crippen molar-refractivity contribution in [1.29, 1.82) is 0 Å². The van der Waals surface area contributed by atoms with Crippen LogP contribution in [0, 0.1) is 6.92 Å². The van der Waals surface area contributed by atoms with Gasteiger partial charge in [0.15, 0.2) is 5.16 Å². The van der Waals surface area contributed by atoms with Gasteiger partial charge in [-0.1, -0.05) is 17.8 Å². The maximum atomic E-state index is 12.4. The fraction of sp³-hybridized carbons (Fsp3) is 0.526. The first-order valence-electron chi connectivity index (χ1n) is 9.26. The second-order valence-corrected chi connectivity index (χ2v) is 8.49. The maximum absolute atomic E-state index is 12.4. The van der Waals surface area contributed by atoms with Crippen LogP contribution in [0.15, 0.2) is 27.5 Å². The number of nitrogens with zero attached hydrogens (tertiary/aromatic N) is 2. The molecule has 6 nitrogen and oxygen atoms in total. The number of hydrogen-bond acceptors (Lipinski definition) is 6. The second kappa shape index (κ2) is 9.52. The number of hydrogen-bond donors (Lipinski definition) is 2. The average molecular weight is 407 g/mol. The third kappa shape index (κ3) is 5.21. The molecule has 0 aromatic carbocycles. The molecule has 8 heteroatoms. The lowest BCUT2D eigenvalue weighted by Crippen LogP contribution is -2.36. The molecule has 1 saturated heterocycles. The lowest BCUT2D eigenvalue weighted by Gasteiger charge is -2.26. The van der Waals surface area contributed by atoms with Gasteiger partial charge < -0.3 is 10.3 Å². The quantitative estimate of drug-likeness (QED) is 0.521. The Morgan fingerprint density at radius 3 is 2.85 bits per heavy atom. The van der Waals surface area contributed by atoms with E-state index in [0.29, 0.717) is 35.8 Å². The Morgan fingerprint density at radius 2 is 2.22 bits per heavy atom. The van der Waals surface area contributed by atoms with Crippen LogP contribution in [-0.4, -0.2) is 46.7 Å². The van der Waals surface area contributed by atoms with Crippen LogP contribution in [-0.2, 0) is 11.2 Å². The standard InChI is InChI=1S/C19H26N4O2S2/c1-13-14(18(25)22-19(21-13)26-2)7-8-17(24)20-12-15(16-6-5-11-27-16)23-9-3-4-10-23/h5-6,11,15H,3-4,7-10,12H2,1-2H3,(H,20,24)(H,21,22,25). The maximum Gasteiger partial charge on any atom is 0.254 e. The van der Waals surface area contributed by atoms with Crippen molar-refractivity contribution in [2.45, 2.75) is 43.8 Å². The van der Waals surface area contributed by atoms with E-state index in [-0.39, 0.29) is 17.5 Å². The smallest absolute Gasteiger partial charge is 0.254 e. The fourth-order valence-electron chi connectivity index (χ4n) is 3.46. The number of amides is 1. The van der Waals surface area contributed by atoms with Gasteiger partial charge in [-0.25, -0.2) is 4.98 Å². The van der Waals surface area contributed by atoms with Crippen LogP contribution in [0.2, 0.25) is 0 Å². The van der Waals surface area contributed by atoms with Crippen molar-refractivity contribution in [3.63, 3.8) is 0 Å². The van der Waals surface area contributed by atoms with E-state index in [1.54, 1.807) is 11.3 Å². The Labute approximate surface area is 167 Å². The second-order valence-electron chi connectivity index (χ2n) is 6.72. The van der Waals surface area contributed by atoms with Crippen molar-refractivity contribution in [2.75, 3.05) is 25.9 Å². The molecule has 1 aliphatic rings. The number of thioether (sulfide) groups is 1. The number of aromatic nitrogens is 2.